The standard InChI is InChI=1S/C23H44O4Si2/c1-13-25-21(24)15-18-14-19(26-28(9,10)22(3,4)5)16-20(17(18)2)27-29(11,12)23(6,7)8/h15,19-20H,2,13-14,16H2,1,3-12H3/t19-,20+/m1/s1. The molecule has 0 aromatic rings. The molecule has 0 radical (unpaired) electrons. The predicted molar refractivity (Wildman–Crippen MR) is 127 cm³/mol. The number of rotatable bonds is 6. The molecule has 4 nitrogen and oxygen atoms in total. The summed E-state index contributed by atoms with van der Waals surface area (Å²) in [6, 6.07) is 0. The molecule has 168 valence electrons. The molecule has 0 spiro atoms. The van der Waals surface area contributed by atoms with Crippen LogP contribution in [-0.4, -0.2) is 41.4 Å². The van der Waals surface area contributed by atoms with Gasteiger partial charge in [-0.1, -0.05) is 48.1 Å². The first-order chi connectivity index (χ1) is 12.9. The Morgan fingerprint density at radius 3 is 1.97 bits per heavy atom. The molecule has 1 aliphatic carbocycles. The predicted octanol–water partition coefficient (Wildman–Crippen LogP) is 6.61. The Labute approximate surface area is 181 Å². The van der Waals surface area contributed by atoms with Crippen LogP contribution in [0.2, 0.25) is 36.3 Å². The van der Waals surface area contributed by atoms with Gasteiger partial charge in [0.25, 0.3) is 0 Å². The fraction of sp³-hybridized carbons (Fsp3) is 0.783. The van der Waals surface area contributed by atoms with Gasteiger partial charge in [0.15, 0.2) is 16.6 Å². The second-order valence-electron chi connectivity index (χ2n) is 11.3. The van der Waals surface area contributed by atoms with Crippen LogP contribution in [0.1, 0.15) is 61.3 Å². The summed E-state index contributed by atoms with van der Waals surface area (Å²) >= 11 is 0. The lowest BCUT2D eigenvalue weighted by atomic mass is 9.86. The molecule has 0 heterocycles. The van der Waals surface area contributed by atoms with E-state index in [0.717, 1.165) is 17.6 Å². The summed E-state index contributed by atoms with van der Waals surface area (Å²) in [4.78, 5) is 12.2. The van der Waals surface area contributed by atoms with E-state index >= 15 is 0 Å². The molecule has 1 rings (SSSR count). The molecule has 0 aliphatic heterocycles. The summed E-state index contributed by atoms with van der Waals surface area (Å²) in [5, 5.41) is 0.230. The third-order valence-corrected chi connectivity index (χ3v) is 15.8. The molecule has 0 amide bonds. The van der Waals surface area contributed by atoms with E-state index in [0.29, 0.717) is 13.0 Å². The van der Waals surface area contributed by atoms with Crippen LogP contribution in [0.5, 0.6) is 0 Å². The quantitative estimate of drug-likeness (QED) is 0.265. The van der Waals surface area contributed by atoms with E-state index in [1.165, 1.54) is 0 Å². The largest absolute Gasteiger partial charge is 0.463 e. The first-order valence-electron chi connectivity index (χ1n) is 10.8. The normalized spacial score (nSPS) is 23.4. The van der Waals surface area contributed by atoms with Crippen molar-refractivity contribution >= 4 is 22.6 Å². The molecule has 0 aromatic carbocycles. The maximum atomic E-state index is 12.2. The molecule has 0 aromatic heterocycles. The average molecular weight is 441 g/mol. The van der Waals surface area contributed by atoms with Gasteiger partial charge in [-0.3, -0.25) is 0 Å². The minimum atomic E-state index is -1.99. The highest BCUT2D eigenvalue weighted by Crippen LogP contribution is 2.44. The van der Waals surface area contributed by atoms with Crippen molar-refractivity contribution < 1.29 is 18.4 Å². The number of hydrogen-bond donors (Lipinski definition) is 0. The minimum Gasteiger partial charge on any atom is -0.463 e. The van der Waals surface area contributed by atoms with Gasteiger partial charge in [-0.15, -0.1) is 0 Å². The molecule has 1 saturated carbocycles. The summed E-state index contributed by atoms with van der Waals surface area (Å²) in [6.07, 6.45) is 2.96. The van der Waals surface area contributed by atoms with E-state index in [1.807, 2.05) is 6.92 Å². The molecule has 29 heavy (non-hydrogen) atoms. The molecule has 1 fully saturated rings. The molecule has 0 unspecified atom stereocenters. The summed E-state index contributed by atoms with van der Waals surface area (Å²) in [6.45, 7) is 29.0. The van der Waals surface area contributed by atoms with Gasteiger partial charge >= 0.3 is 5.97 Å². The highest BCUT2D eigenvalue weighted by atomic mass is 28.4. The third-order valence-electron chi connectivity index (χ3n) is 6.81. The minimum absolute atomic E-state index is 0.0248. The van der Waals surface area contributed by atoms with E-state index in [1.54, 1.807) is 6.08 Å². The smallest absolute Gasteiger partial charge is 0.331 e. The van der Waals surface area contributed by atoms with Crippen LogP contribution in [0.3, 0.4) is 0 Å². The first-order valence-corrected chi connectivity index (χ1v) is 16.6. The highest BCUT2D eigenvalue weighted by molar-refractivity contribution is 6.74. The highest BCUT2D eigenvalue weighted by Gasteiger charge is 2.44. The van der Waals surface area contributed by atoms with Crippen LogP contribution in [-0.2, 0) is 18.4 Å². The second-order valence-corrected chi connectivity index (χ2v) is 20.8. The van der Waals surface area contributed by atoms with Crippen molar-refractivity contribution in [1.29, 1.82) is 0 Å². The van der Waals surface area contributed by atoms with Crippen molar-refractivity contribution in [2.24, 2.45) is 0 Å². The number of carbonyl (C=O) groups excluding carboxylic acids is 1. The summed E-state index contributed by atoms with van der Waals surface area (Å²) in [5.41, 5.74) is 1.81. The van der Waals surface area contributed by atoms with E-state index in [2.05, 4.69) is 74.3 Å². The third kappa shape index (κ3) is 6.91. The zero-order valence-electron chi connectivity index (χ0n) is 20.7. The van der Waals surface area contributed by atoms with Crippen molar-refractivity contribution in [3.8, 4) is 0 Å². The first kappa shape index (κ1) is 26.3. The van der Waals surface area contributed by atoms with Crippen LogP contribution < -0.4 is 0 Å². The van der Waals surface area contributed by atoms with Crippen LogP contribution in [0.4, 0.5) is 0 Å². The summed E-state index contributed by atoms with van der Waals surface area (Å²) < 4.78 is 18.6. The summed E-state index contributed by atoms with van der Waals surface area (Å²) in [7, 11) is -3.93. The van der Waals surface area contributed by atoms with Gasteiger partial charge < -0.3 is 13.6 Å². The lowest BCUT2D eigenvalue weighted by Gasteiger charge is -2.45. The van der Waals surface area contributed by atoms with Crippen LogP contribution in [0, 0.1) is 0 Å². The molecular formula is C23H44O4Si2. The number of hydrogen-bond acceptors (Lipinski definition) is 4. The molecule has 6 heteroatoms. The van der Waals surface area contributed by atoms with Crippen molar-refractivity contribution in [1.82, 2.24) is 0 Å². The van der Waals surface area contributed by atoms with Gasteiger partial charge in [-0.05, 0) is 60.8 Å². The molecule has 0 saturated heterocycles. The fourth-order valence-corrected chi connectivity index (χ4v) is 5.53. The number of esters is 1. The Hall–Kier alpha value is -0.696. The van der Waals surface area contributed by atoms with Crippen LogP contribution in [0.15, 0.2) is 23.8 Å². The average Bonchev–Trinajstić information content (AvgIpc) is 2.49. The Morgan fingerprint density at radius 2 is 1.52 bits per heavy atom. The maximum Gasteiger partial charge on any atom is 0.331 e. The van der Waals surface area contributed by atoms with Gasteiger partial charge in [0.2, 0.25) is 0 Å². The van der Waals surface area contributed by atoms with Crippen LogP contribution >= 0.6 is 0 Å². The van der Waals surface area contributed by atoms with Crippen LogP contribution in [0.25, 0.3) is 0 Å². The molecule has 2 atom stereocenters. The zero-order valence-corrected chi connectivity index (χ0v) is 22.7. The lowest BCUT2D eigenvalue weighted by molar-refractivity contribution is -0.137. The van der Waals surface area contributed by atoms with Gasteiger partial charge in [-0.2, -0.15) is 0 Å². The van der Waals surface area contributed by atoms with Crippen molar-refractivity contribution in [2.45, 2.75) is 110 Å². The van der Waals surface area contributed by atoms with Gasteiger partial charge in [0, 0.05) is 12.5 Å². The van der Waals surface area contributed by atoms with Crippen molar-refractivity contribution in [3.63, 3.8) is 0 Å². The van der Waals surface area contributed by atoms with Gasteiger partial charge in [0.05, 0.1) is 18.8 Å². The summed E-state index contributed by atoms with van der Waals surface area (Å²) in [5.74, 6) is -0.317. The monoisotopic (exact) mass is 440 g/mol. The Balaban J connectivity index is 3.21. The fourth-order valence-electron chi connectivity index (χ4n) is 2.86. The SMILES string of the molecule is C=C1C(=CC(=O)OCC)C[C@@H](O[Si](C)(C)C(C)(C)C)C[C@@H]1O[Si](C)(C)C(C)(C)C. The van der Waals surface area contributed by atoms with E-state index < -0.39 is 16.6 Å². The topological polar surface area (TPSA) is 44.8 Å². The Morgan fingerprint density at radius 1 is 1.03 bits per heavy atom. The Bertz CT molecular complexity index is 636. The Kier molecular flexibility index (Phi) is 8.36. The lowest BCUT2D eigenvalue weighted by Crippen LogP contribution is -2.49. The maximum absolute atomic E-state index is 12.2. The molecule has 1 aliphatic rings. The number of carbonyl (C=O) groups is 1. The molecule has 0 N–H and O–H groups in total. The van der Waals surface area contributed by atoms with E-state index in [-0.39, 0.29) is 28.3 Å². The molecule has 0 bridgehead atoms. The van der Waals surface area contributed by atoms with Crippen molar-refractivity contribution in [3.05, 3.63) is 23.8 Å². The number of ether oxygens (including phenoxy) is 1. The van der Waals surface area contributed by atoms with E-state index in [4.69, 9.17) is 13.6 Å². The van der Waals surface area contributed by atoms with Crippen molar-refractivity contribution in [2.75, 3.05) is 6.61 Å². The second kappa shape index (κ2) is 9.20. The van der Waals surface area contributed by atoms with Gasteiger partial charge in [0.1, 0.15) is 0 Å². The zero-order chi connectivity index (χ0) is 22.8. The van der Waals surface area contributed by atoms with Gasteiger partial charge in [-0.25, -0.2) is 4.79 Å². The van der Waals surface area contributed by atoms with E-state index in [9.17, 15) is 4.79 Å². The molecular weight excluding hydrogens is 396 g/mol.